The quantitative estimate of drug-likeness (QED) is 0.774. The van der Waals surface area contributed by atoms with Gasteiger partial charge in [-0.3, -0.25) is 9.59 Å². The fraction of sp³-hybridized carbons (Fsp3) is 0.385. The first-order chi connectivity index (χ1) is 8.59. The van der Waals surface area contributed by atoms with Crippen LogP contribution in [0.1, 0.15) is 29.6 Å². The Morgan fingerprint density at radius 1 is 1.22 bits per heavy atom. The maximum atomic E-state index is 13.4. The maximum Gasteiger partial charge on any atom is 0.222 e. The molecule has 1 saturated heterocycles. The van der Waals surface area contributed by atoms with Crippen molar-refractivity contribution in [3.63, 3.8) is 0 Å². The van der Waals surface area contributed by atoms with E-state index in [4.69, 9.17) is 0 Å². The normalized spacial score (nSPS) is 15.9. The fourth-order valence-corrected chi connectivity index (χ4v) is 2.05. The molecule has 1 fully saturated rings. The Hall–Kier alpha value is -1.78. The van der Waals surface area contributed by atoms with Gasteiger partial charge in [0.2, 0.25) is 5.91 Å². The van der Waals surface area contributed by atoms with Crippen LogP contribution in [-0.4, -0.2) is 29.7 Å². The SMILES string of the molecule is O=C(CN1CCCCC1=O)c1c(F)cccc1F. The summed E-state index contributed by atoms with van der Waals surface area (Å²) in [6, 6.07) is 3.27. The average Bonchev–Trinajstić information content (AvgIpc) is 2.32. The molecule has 0 unspecified atom stereocenters. The van der Waals surface area contributed by atoms with Gasteiger partial charge in [-0.05, 0) is 25.0 Å². The second kappa shape index (κ2) is 5.25. The number of ketones is 1. The first kappa shape index (κ1) is 12.7. The van der Waals surface area contributed by atoms with E-state index in [2.05, 4.69) is 0 Å². The van der Waals surface area contributed by atoms with Crippen molar-refractivity contribution in [3.8, 4) is 0 Å². The lowest BCUT2D eigenvalue weighted by Gasteiger charge is -2.26. The average molecular weight is 253 g/mol. The number of benzene rings is 1. The number of carbonyl (C=O) groups is 2. The van der Waals surface area contributed by atoms with E-state index >= 15 is 0 Å². The van der Waals surface area contributed by atoms with E-state index in [0.717, 1.165) is 25.0 Å². The summed E-state index contributed by atoms with van der Waals surface area (Å²) in [5.41, 5.74) is -0.559. The first-order valence-corrected chi connectivity index (χ1v) is 5.84. The first-order valence-electron chi connectivity index (χ1n) is 5.84. The molecular weight excluding hydrogens is 240 g/mol. The van der Waals surface area contributed by atoms with E-state index in [1.165, 1.54) is 11.0 Å². The summed E-state index contributed by atoms with van der Waals surface area (Å²) in [6.45, 7) is 0.220. The minimum atomic E-state index is -0.885. The Labute approximate surface area is 103 Å². The van der Waals surface area contributed by atoms with Gasteiger partial charge in [-0.25, -0.2) is 8.78 Å². The van der Waals surface area contributed by atoms with E-state index in [-0.39, 0.29) is 12.5 Å². The molecule has 0 N–H and O–H groups in total. The van der Waals surface area contributed by atoms with Crippen molar-refractivity contribution in [2.75, 3.05) is 13.1 Å². The highest BCUT2D eigenvalue weighted by Crippen LogP contribution is 2.16. The Bertz CT molecular complexity index is 468. The van der Waals surface area contributed by atoms with Gasteiger partial charge >= 0.3 is 0 Å². The molecule has 1 heterocycles. The van der Waals surface area contributed by atoms with Gasteiger partial charge in [0.25, 0.3) is 0 Å². The third-order valence-electron chi connectivity index (χ3n) is 3.00. The molecule has 0 radical (unpaired) electrons. The lowest BCUT2D eigenvalue weighted by molar-refractivity contribution is -0.132. The van der Waals surface area contributed by atoms with E-state index in [9.17, 15) is 18.4 Å². The molecular formula is C13H13F2NO2. The van der Waals surface area contributed by atoms with Crippen molar-refractivity contribution in [3.05, 3.63) is 35.4 Å². The van der Waals surface area contributed by atoms with Crippen LogP contribution in [0.5, 0.6) is 0 Å². The van der Waals surface area contributed by atoms with Crippen molar-refractivity contribution in [2.24, 2.45) is 0 Å². The number of carbonyl (C=O) groups excluding carboxylic acids is 2. The fourth-order valence-electron chi connectivity index (χ4n) is 2.05. The summed E-state index contributed by atoms with van der Waals surface area (Å²) in [7, 11) is 0. The van der Waals surface area contributed by atoms with Crippen LogP contribution < -0.4 is 0 Å². The zero-order valence-electron chi connectivity index (χ0n) is 9.79. The lowest BCUT2D eigenvalue weighted by atomic mass is 10.1. The number of hydrogen-bond acceptors (Lipinski definition) is 2. The smallest absolute Gasteiger partial charge is 0.222 e. The molecule has 1 aromatic carbocycles. The van der Waals surface area contributed by atoms with Crippen molar-refractivity contribution < 1.29 is 18.4 Å². The highest BCUT2D eigenvalue weighted by atomic mass is 19.1. The Morgan fingerprint density at radius 3 is 2.50 bits per heavy atom. The highest BCUT2D eigenvalue weighted by molar-refractivity contribution is 5.99. The van der Waals surface area contributed by atoms with Crippen LogP contribution in [0.2, 0.25) is 0 Å². The van der Waals surface area contributed by atoms with Gasteiger partial charge in [0.15, 0.2) is 5.78 Å². The summed E-state index contributed by atoms with van der Waals surface area (Å²) in [5, 5.41) is 0. The third kappa shape index (κ3) is 2.55. The van der Waals surface area contributed by atoms with Crippen molar-refractivity contribution >= 4 is 11.7 Å². The molecule has 0 spiro atoms. The number of piperidine rings is 1. The molecule has 0 saturated carbocycles. The monoisotopic (exact) mass is 253 g/mol. The van der Waals surface area contributed by atoms with Gasteiger partial charge in [-0.1, -0.05) is 6.07 Å². The number of likely N-dealkylation sites (tertiary alicyclic amines) is 1. The predicted molar refractivity (Wildman–Crippen MR) is 61.1 cm³/mol. The van der Waals surface area contributed by atoms with Crippen LogP contribution in [0.3, 0.4) is 0 Å². The van der Waals surface area contributed by atoms with Gasteiger partial charge in [0, 0.05) is 13.0 Å². The number of Topliss-reactive ketones (excluding diaryl/α,β-unsaturated/α-hetero) is 1. The van der Waals surface area contributed by atoms with Gasteiger partial charge in [-0.15, -0.1) is 0 Å². The van der Waals surface area contributed by atoms with Crippen molar-refractivity contribution in [1.82, 2.24) is 4.90 Å². The van der Waals surface area contributed by atoms with Crippen LogP contribution >= 0.6 is 0 Å². The van der Waals surface area contributed by atoms with Gasteiger partial charge in [-0.2, -0.15) is 0 Å². The van der Waals surface area contributed by atoms with Crippen LogP contribution in [-0.2, 0) is 4.79 Å². The van der Waals surface area contributed by atoms with Crippen LogP contribution in [0.25, 0.3) is 0 Å². The van der Waals surface area contributed by atoms with Crippen LogP contribution in [0, 0.1) is 11.6 Å². The summed E-state index contributed by atoms with van der Waals surface area (Å²) in [4.78, 5) is 24.7. The molecule has 0 atom stereocenters. The standard InChI is InChI=1S/C13H13F2NO2/c14-9-4-3-5-10(15)13(9)11(17)8-16-7-2-1-6-12(16)18/h3-5H,1-2,6-8H2. The van der Waals surface area contributed by atoms with Gasteiger partial charge in [0.1, 0.15) is 11.6 Å². The molecule has 0 aliphatic carbocycles. The largest absolute Gasteiger partial charge is 0.335 e. The third-order valence-corrected chi connectivity index (χ3v) is 3.00. The van der Waals surface area contributed by atoms with Crippen molar-refractivity contribution in [2.45, 2.75) is 19.3 Å². The summed E-state index contributed by atoms with van der Waals surface area (Å²) in [6.07, 6.45) is 2.02. The van der Waals surface area contributed by atoms with E-state index in [1.807, 2.05) is 0 Å². The van der Waals surface area contributed by atoms with E-state index in [1.54, 1.807) is 0 Å². The predicted octanol–water partition coefficient (Wildman–Crippen LogP) is 2.16. The number of hydrogen-bond donors (Lipinski definition) is 0. The number of halogens is 2. The minimum Gasteiger partial charge on any atom is -0.335 e. The van der Waals surface area contributed by atoms with E-state index in [0.29, 0.717) is 13.0 Å². The molecule has 1 aliphatic heterocycles. The molecule has 2 rings (SSSR count). The number of amides is 1. The minimum absolute atomic E-state index is 0.133. The highest BCUT2D eigenvalue weighted by Gasteiger charge is 2.24. The zero-order valence-corrected chi connectivity index (χ0v) is 9.79. The second-order valence-corrected chi connectivity index (χ2v) is 4.29. The molecule has 0 bridgehead atoms. The number of nitrogens with zero attached hydrogens (tertiary/aromatic N) is 1. The molecule has 96 valence electrons. The zero-order chi connectivity index (χ0) is 13.1. The molecule has 0 aromatic heterocycles. The number of rotatable bonds is 3. The Morgan fingerprint density at radius 2 is 1.89 bits per heavy atom. The summed E-state index contributed by atoms with van der Waals surface area (Å²) in [5.74, 6) is -2.60. The maximum absolute atomic E-state index is 13.4. The molecule has 18 heavy (non-hydrogen) atoms. The summed E-state index contributed by atoms with van der Waals surface area (Å²) >= 11 is 0. The summed E-state index contributed by atoms with van der Waals surface area (Å²) < 4.78 is 26.8. The van der Waals surface area contributed by atoms with Crippen LogP contribution in [0.4, 0.5) is 8.78 Å². The lowest BCUT2D eigenvalue weighted by Crippen LogP contribution is -2.39. The Kier molecular flexibility index (Phi) is 3.69. The molecule has 3 nitrogen and oxygen atoms in total. The molecule has 1 aliphatic rings. The van der Waals surface area contributed by atoms with Gasteiger partial charge in [0.05, 0.1) is 12.1 Å². The Balaban J connectivity index is 2.14. The van der Waals surface area contributed by atoms with E-state index < -0.39 is 23.0 Å². The second-order valence-electron chi connectivity index (χ2n) is 4.29. The van der Waals surface area contributed by atoms with Crippen molar-refractivity contribution in [1.29, 1.82) is 0 Å². The molecule has 1 aromatic rings. The van der Waals surface area contributed by atoms with Crippen LogP contribution in [0.15, 0.2) is 18.2 Å². The molecule has 5 heteroatoms. The van der Waals surface area contributed by atoms with Gasteiger partial charge < -0.3 is 4.90 Å². The topological polar surface area (TPSA) is 37.4 Å². The molecule has 1 amide bonds.